The SMILES string of the molecule is O=Cc1cc([N+](=O)[O-])cc(C#CCCO)c1O. The largest absolute Gasteiger partial charge is 0.506 e. The number of hydrogen-bond donors (Lipinski definition) is 2. The van der Waals surface area contributed by atoms with E-state index in [2.05, 4.69) is 11.8 Å². The predicted molar refractivity (Wildman–Crippen MR) is 58.7 cm³/mol. The molecule has 0 saturated carbocycles. The molecule has 0 aliphatic rings. The van der Waals surface area contributed by atoms with E-state index >= 15 is 0 Å². The maximum absolute atomic E-state index is 10.6. The molecule has 1 rings (SSSR count). The van der Waals surface area contributed by atoms with Crippen molar-refractivity contribution < 1.29 is 19.9 Å². The molecule has 0 saturated heterocycles. The number of aldehydes is 1. The van der Waals surface area contributed by atoms with Crippen LogP contribution >= 0.6 is 0 Å². The smallest absolute Gasteiger partial charge is 0.271 e. The number of phenols is 1. The van der Waals surface area contributed by atoms with Gasteiger partial charge in [0.05, 0.1) is 22.7 Å². The standard InChI is InChI=1S/C11H9NO5/c13-4-2-1-3-8-5-10(12(16)17)6-9(7-14)11(8)15/h5-7,13,15H,2,4H2. The summed E-state index contributed by atoms with van der Waals surface area (Å²) in [6, 6.07) is 2.05. The topological polar surface area (TPSA) is 101 Å². The van der Waals surface area contributed by atoms with Crippen LogP contribution in [0.4, 0.5) is 5.69 Å². The number of carbonyl (C=O) groups excluding carboxylic acids is 1. The van der Waals surface area contributed by atoms with Crippen molar-refractivity contribution in [2.45, 2.75) is 6.42 Å². The first-order chi connectivity index (χ1) is 8.10. The van der Waals surface area contributed by atoms with Gasteiger partial charge in [-0.3, -0.25) is 14.9 Å². The number of aliphatic hydroxyl groups excluding tert-OH is 1. The molecule has 0 heterocycles. The van der Waals surface area contributed by atoms with E-state index in [0.717, 1.165) is 12.1 Å². The average molecular weight is 235 g/mol. The third-order valence-electron chi connectivity index (χ3n) is 1.92. The molecule has 0 fully saturated rings. The van der Waals surface area contributed by atoms with Gasteiger partial charge in [-0.05, 0) is 0 Å². The minimum Gasteiger partial charge on any atom is -0.506 e. The third-order valence-corrected chi connectivity index (χ3v) is 1.92. The number of aliphatic hydroxyl groups is 1. The fourth-order valence-corrected chi connectivity index (χ4v) is 1.15. The van der Waals surface area contributed by atoms with Crippen LogP contribution < -0.4 is 0 Å². The van der Waals surface area contributed by atoms with Crippen molar-refractivity contribution in [3.05, 3.63) is 33.4 Å². The number of non-ortho nitro benzene ring substituents is 1. The molecule has 0 unspecified atom stereocenters. The van der Waals surface area contributed by atoms with Crippen LogP contribution in [0.3, 0.4) is 0 Å². The highest BCUT2D eigenvalue weighted by Crippen LogP contribution is 2.26. The van der Waals surface area contributed by atoms with Crippen molar-refractivity contribution in [3.8, 4) is 17.6 Å². The maximum atomic E-state index is 10.6. The first-order valence-corrected chi connectivity index (χ1v) is 4.66. The predicted octanol–water partition coefficient (Wildman–Crippen LogP) is 0.847. The summed E-state index contributed by atoms with van der Waals surface area (Å²) in [6.45, 7) is -0.150. The normalized spacial score (nSPS) is 9.24. The van der Waals surface area contributed by atoms with Gasteiger partial charge in [-0.25, -0.2) is 0 Å². The van der Waals surface area contributed by atoms with Crippen molar-refractivity contribution in [3.63, 3.8) is 0 Å². The van der Waals surface area contributed by atoms with E-state index in [1.54, 1.807) is 0 Å². The number of nitro groups is 1. The molecular formula is C11H9NO5. The highest BCUT2D eigenvalue weighted by atomic mass is 16.6. The molecule has 6 nitrogen and oxygen atoms in total. The second-order valence-electron chi connectivity index (χ2n) is 3.08. The minimum atomic E-state index is -0.677. The maximum Gasteiger partial charge on any atom is 0.271 e. The Morgan fingerprint density at radius 1 is 1.47 bits per heavy atom. The summed E-state index contributed by atoms with van der Waals surface area (Å²) < 4.78 is 0. The van der Waals surface area contributed by atoms with Gasteiger partial charge in [-0.1, -0.05) is 11.8 Å². The van der Waals surface area contributed by atoms with Crippen LogP contribution in [0.1, 0.15) is 22.3 Å². The lowest BCUT2D eigenvalue weighted by Gasteiger charge is -2.00. The molecule has 0 bridgehead atoms. The van der Waals surface area contributed by atoms with Crippen LogP contribution in [0.25, 0.3) is 0 Å². The molecule has 0 amide bonds. The molecule has 0 aliphatic carbocycles. The number of nitrogens with zero attached hydrogens (tertiary/aromatic N) is 1. The lowest BCUT2D eigenvalue weighted by Crippen LogP contribution is -1.93. The number of aromatic hydroxyl groups is 1. The number of rotatable bonds is 3. The van der Waals surface area contributed by atoms with Gasteiger partial charge in [0.25, 0.3) is 5.69 Å². The minimum absolute atomic E-state index is 0.00486. The molecule has 0 spiro atoms. The number of phenolic OH excluding ortho intramolecular Hbond substituents is 1. The molecule has 6 heteroatoms. The van der Waals surface area contributed by atoms with Gasteiger partial charge in [0, 0.05) is 18.6 Å². The van der Waals surface area contributed by atoms with Crippen molar-refractivity contribution in [2.24, 2.45) is 0 Å². The Morgan fingerprint density at radius 3 is 2.71 bits per heavy atom. The second kappa shape index (κ2) is 5.63. The number of hydrogen-bond acceptors (Lipinski definition) is 5. The zero-order valence-electron chi connectivity index (χ0n) is 8.71. The Kier molecular flexibility index (Phi) is 4.20. The van der Waals surface area contributed by atoms with E-state index in [4.69, 9.17) is 5.11 Å². The molecule has 88 valence electrons. The molecule has 0 atom stereocenters. The van der Waals surface area contributed by atoms with E-state index in [9.17, 15) is 20.0 Å². The highest BCUT2D eigenvalue weighted by Gasteiger charge is 2.14. The van der Waals surface area contributed by atoms with Gasteiger partial charge in [0.15, 0.2) is 6.29 Å². The van der Waals surface area contributed by atoms with Crippen LogP contribution in [0.5, 0.6) is 5.75 Å². The van der Waals surface area contributed by atoms with Crippen molar-refractivity contribution in [2.75, 3.05) is 6.61 Å². The average Bonchev–Trinajstić information content (AvgIpc) is 2.31. The fraction of sp³-hybridized carbons (Fsp3) is 0.182. The summed E-state index contributed by atoms with van der Waals surface area (Å²) in [5.74, 6) is 4.58. The van der Waals surface area contributed by atoms with E-state index in [-0.39, 0.29) is 29.8 Å². The Balaban J connectivity index is 3.29. The monoisotopic (exact) mass is 235 g/mol. The summed E-state index contributed by atoms with van der Waals surface area (Å²) in [6.07, 6.45) is 0.498. The van der Waals surface area contributed by atoms with E-state index in [1.165, 1.54) is 0 Å². The molecule has 1 aromatic carbocycles. The third kappa shape index (κ3) is 3.03. The van der Waals surface area contributed by atoms with Crippen LogP contribution in [0, 0.1) is 22.0 Å². The fourth-order valence-electron chi connectivity index (χ4n) is 1.15. The zero-order valence-corrected chi connectivity index (χ0v) is 8.71. The summed E-state index contributed by atoms with van der Waals surface area (Å²) in [5, 5.41) is 28.7. The zero-order chi connectivity index (χ0) is 12.8. The van der Waals surface area contributed by atoms with Crippen LogP contribution in [-0.2, 0) is 0 Å². The summed E-state index contributed by atoms with van der Waals surface area (Å²) in [4.78, 5) is 20.5. The number of nitro benzene ring substituents is 1. The van der Waals surface area contributed by atoms with Crippen LogP contribution in [0.15, 0.2) is 12.1 Å². The first kappa shape index (κ1) is 12.7. The van der Waals surface area contributed by atoms with Crippen LogP contribution in [0.2, 0.25) is 0 Å². The molecule has 2 N–H and O–H groups in total. The Hall–Kier alpha value is -2.39. The van der Waals surface area contributed by atoms with Gasteiger partial charge in [-0.15, -0.1) is 0 Å². The lowest BCUT2D eigenvalue weighted by molar-refractivity contribution is -0.384. The van der Waals surface area contributed by atoms with E-state index < -0.39 is 10.7 Å². The Labute approximate surface area is 96.7 Å². The van der Waals surface area contributed by atoms with Gasteiger partial charge in [0.1, 0.15) is 5.75 Å². The summed E-state index contributed by atoms with van der Waals surface area (Å²) >= 11 is 0. The quantitative estimate of drug-likeness (QED) is 0.350. The molecular weight excluding hydrogens is 226 g/mol. The van der Waals surface area contributed by atoms with Crippen molar-refractivity contribution in [1.29, 1.82) is 0 Å². The van der Waals surface area contributed by atoms with Gasteiger partial charge < -0.3 is 10.2 Å². The number of carbonyl (C=O) groups is 1. The molecule has 17 heavy (non-hydrogen) atoms. The Bertz CT molecular complexity index is 513. The molecule has 1 aromatic rings. The lowest BCUT2D eigenvalue weighted by atomic mass is 10.1. The van der Waals surface area contributed by atoms with E-state index in [0.29, 0.717) is 6.29 Å². The Morgan fingerprint density at radius 2 is 2.18 bits per heavy atom. The van der Waals surface area contributed by atoms with Gasteiger partial charge in [-0.2, -0.15) is 0 Å². The van der Waals surface area contributed by atoms with Crippen molar-refractivity contribution >= 4 is 12.0 Å². The summed E-state index contributed by atoms with van der Waals surface area (Å²) in [5.41, 5.74) is -0.513. The van der Waals surface area contributed by atoms with Crippen LogP contribution in [-0.4, -0.2) is 28.0 Å². The first-order valence-electron chi connectivity index (χ1n) is 4.66. The molecule has 0 aromatic heterocycles. The van der Waals surface area contributed by atoms with Crippen molar-refractivity contribution in [1.82, 2.24) is 0 Å². The number of benzene rings is 1. The molecule has 0 aliphatic heterocycles. The van der Waals surface area contributed by atoms with Gasteiger partial charge >= 0.3 is 0 Å². The van der Waals surface area contributed by atoms with E-state index in [1.807, 2.05) is 0 Å². The summed E-state index contributed by atoms with van der Waals surface area (Å²) in [7, 11) is 0. The second-order valence-corrected chi connectivity index (χ2v) is 3.08. The molecule has 0 radical (unpaired) electrons. The highest BCUT2D eigenvalue weighted by molar-refractivity contribution is 5.82. The van der Waals surface area contributed by atoms with Gasteiger partial charge in [0.2, 0.25) is 0 Å².